The maximum absolute atomic E-state index is 12.1. The molecule has 0 radical (unpaired) electrons. The zero-order valence-corrected chi connectivity index (χ0v) is 15.5. The quantitative estimate of drug-likeness (QED) is 0.640. The molecule has 1 saturated carbocycles. The molecule has 1 aromatic carbocycles. The second-order valence-corrected chi connectivity index (χ2v) is 8.08. The number of nitriles is 1. The molecule has 0 unspecified atom stereocenters. The Morgan fingerprint density at radius 3 is 2.96 bits per heavy atom. The lowest BCUT2D eigenvalue weighted by atomic mass is 9.98. The largest absolute Gasteiger partial charge is 0.329 e. The summed E-state index contributed by atoms with van der Waals surface area (Å²) in [6.07, 6.45) is 9.08. The standard InChI is InChI=1S/C22H17N3OS/c23-13-14-4-7-20-16(19(12-14)15-5-6-15)9-11-25(20)27-21-3-1-2-18-17(21)8-10-24-22(18)26/h1-3,7-8,10,12,15H,5-6,9,11H2,(H,24,26). The van der Waals surface area contributed by atoms with Crippen LogP contribution in [0.25, 0.3) is 10.8 Å². The first-order valence-electron chi connectivity index (χ1n) is 9.12. The smallest absolute Gasteiger partial charge is 0.255 e. The van der Waals surface area contributed by atoms with E-state index < -0.39 is 0 Å². The maximum atomic E-state index is 12.1. The molecular weight excluding hydrogens is 354 g/mol. The average Bonchev–Trinajstić information content (AvgIpc) is 3.47. The van der Waals surface area contributed by atoms with Crippen molar-refractivity contribution in [1.82, 2.24) is 9.29 Å². The van der Waals surface area contributed by atoms with E-state index in [2.05, 4.69) is 27.2 Å². The van der Waals surface area contributed by atoms with Crippen molar-refractivity contribution in [3.05, 3.63) is 81.1 Å². The van der Waals surface area contributed by atoms with Crippen LogP contribution in [0.5, 0.6) is 0 Å². The van der Waals surface area contributed by atoms with Crippen LogP contribution in [0.3, 0.4) is 0 Å². The summed E-state index contributed by atoms with van der Waals surface area (Å²) in [4.78, 5) is 15.9. The van der Waals surface area contributed by atoms with Gasteiger partial charge in [-0.15, -0.1) is 0 Å². The monoisotopic (exact) mass is 371 g/mol. The molecule has 3 aliphatic rings. The third-order valence-corrected chi connectivity index (χ3v) is 6.43. The molecule has 2 heterocycles. The van der Waals surface area contributed by atoms with Gasteiger partial charge in [-0.25, -0.2) is 0 Å². The van der Waals surface area contributed by atoms with Crippen LogP contribution in [0.15, 0.2) is 80.5 Å². The summed E-state index contributed by atoms with van der Waals surface area (Å²) in [6.45, 7) is 0.916. The lowest BCUT2D eigenvalue weighted by Crippen LogP contribution is -2.10. The molecule has 0 bridgehead atoms. The molecule has 1 aliphatic heterocycles. The topological polar surface area (TPSA) is 59.9 Å². The summed E-state index contributed by atoms with van der Waals surface area (Å²) in [6, 6.07) is 10.0. The van der Waals surface area contributed by atoms with E-state index in [1.54, 1.807) is 18.1 Å². The Hall–Kier alpha value is -2.93. The Morgan fingerprint density at radius 1 is 1.26 bits per heavy atom. The van der Waals surface area contributed by atoms with Crippen molar-refractivity contribution in [1.29, 1.82) is 5.26 Å². The first-order chi connectivity index (χ1) is 13.2. The molecule has 5 heteroatoms. The van der Waals surface area contributed by atoms with Crippen LogP contribution in [0.2, 0.25) is 0 Å². The van der Waals surface area contributed by atoms with E-state index in [-0.39, 0.29) is 5.56 Å². The molecule has 0 atom stereocenters. The SMILES string of the molecule is N#CC1=C=CC2=C(CCN2Sc2cccc3c(=O)[nH]ccc23)C(C2CC2)=C1. The Labute approximate surface area is 161 Å². The fourth-order valence-electron chi connectivity index (χ4n) is 3.80. The van der Waals surface area contributed by atoms with Crippen LogP contribution in [0.4, 0.5) is 0 Å². The van der Waals surface area contributed by atoms with Crippen LogP contribution in [0.1, 0.15) is 19.3 Å². The molecule has 0 saturated heterocycles. The van der Waals surface area contributed by atoms with E-state index >= 15 is 0 Å². The van der Waals surface area contributed by atoms with E-state index in [1.165, 1.54) is 24.0 Å². The van der Waals surface area contributed by atoms with Gasteiger partial charge in [-0.3, -0.25) is 4.79 Å². The van der Waals surface area contributed by atoms with E-state index in [0.29, 0.717) is 16.9 Å². The maximum Gasteiger partial charge on any atom is 0.255 e. The van der Waals surface area contributed by atoms with Gasteiger partial charge in [0.15, 0.2) is 0 Å². The summed E-state index contributed by atoms with van der Waals surface area (Å²) in [5.41, 5.74) is 7.52. The Balaban J connectivity index is 1.56. The first kappa shape index (κ1) is 16.3. The fraction of sp³-hybridized carbons (Fsp3) is 0.227. The number of hydrogen-bond donors (Lipinski definition) is 1. The van der Waals surface area contributed by atoms with Crippen molar-refractivity contribution < 1.29 is 0 Å². The van der Waals surface area contributed by atoms with Crippen molar-refractivity contribution in [2.24, 2.45) is 5.92 Å². The minimum atomic E-state index is -0.0637. The second kappa shape index (κ2) is 6.35. The number of nitrogens with one attached hydrogen (secondary N) is 1. The number of allylic oxidation sites excluding steroid dienone is 3. The van der Waals surface area contributed by atoms with Gasteiger partial charge in [0.2, 0.25) is 0 Å². The number of hydrogen-bond acceptors (Lipinski definition) is 4. The zero-order valence-electron chi connectivity index (χ0n) is 14.7. The normalized spacial score (nSPS) is 18.9. The van der Waals surface area contributed by atoms with E-state index in [1.807, 2.05) is 30.4 Å². The van der Waals surface area contributed by atoms with E-state index in [0.717, 1.165) is 28.9 Å². The van der Waals surface area contributed by atoms with Gasteiger partial charge in [-0.2, -0.15) is 5.26 Å². The number of pyridine rings is 1. The number of nitrogens with zero attached hydrogens (tertiary/aromatic N) is 2. The van der Waals surface area contributed by atoms with Crippen LogP contribution < -0.4 is 5.56 Å². The molecule has 1 aromatic heterocycles. The average molecular weight is 371 g/mol. The summed E-state index contributed by atoms with van der Waals surface area (Å²) < 4.78 is 2.27. The summed E-state index contributed by atoms with van der Waals surface area (Å²) in [5, 5.41) is 11.0. The van der Waals surface area contributed by atoms with Gasteiger partial charge in [-0.1, -0.05) is 11.8 Å². The van der Waals surface area contributed by atoms with Crippen LogP contribution in [-0.4, -0.2) is 15.8 Å². The minimum Gasteiger partial charge on any atom is -0.329 e. The first-order valence-corrected chi connectivity index (χ1v) is 9.90. The minimum absolute atomic E-state index is 0.0637. The van der Waals surface area contributed by atoms with Crippen molar-refractivity contribution >= 4 is 22.7 Å². The predicted molar refractivity (Wildman–Crippen MR) is 107 cm³/mol. The highest BCUT2D eigenvalue weighted by atomic mass is 32.2. The molecule has 1 N–H and O–H groups in total. The number of benzene rings is 1. The molecule has 1 fully saturated rings. The summed E-state index contributed by atoms with van der Waals surface area (Å²) in [7, 11) is 0. The molecule has 4 nitrogen and oxygen atoms in total. The van der Waals surface area contributed by atoms with Crippen molar-refractivity contribution in [2.75, 3.05) is 6.54 Å². The lowest BCUT2D eigenvalue weighted by molar-refractivity contribution is 0.643. The highest BCUT2D eigenvalue weighted by molar-refractivity contribution is 7.97. The lowest BCUT2D eigenvalue weighted by Gasteiger charge is -2.19. The number of rotatable bonds is 3. The highest BCUT2D eigenvalue weighted by Gasteiger charge is 2.34. The Morgan fingerprint density at radius 2 is 2.15 bits per heavy atom. The fourth-order valence-corrected chi connectivity index (χ4v) is 4.90. The van der Waals surface area contributed by atoms with Gasteiger partial charge in [0.05, 0.1) is 11.3 Å². The Bertz CT molecular complexity index is 1180. The molecule has 0 spiro atoms. The number of fused-ring (bicyclic) bond motifs is 1. The van der Waals surface area contributed by atoms with Gasteiger partial charge in [0.1, 0.15) is 6.07 Å². The number of aromatic nitrogens is 1. The van der Waals surface area contributed by atoms with E-state index in [4.69, 9.17) is 0 Å². The zero-order chi connectivity index (χ0) is 18.4. The van der Waals surface area contributed by atoms with Crippen LogP contribution >= 0.6 is 11.9 Å². The molecule has 27 heavy (non-hydrogen) atoms. The van der Waals surface area contributed by atoms with E-state index in [9.17, 15) is 10.1 Å². The number of aromatic amines is 1. The van der Waals surface area contributed by atoms with Gasteiger partial charge in [-0.05, 0) is 72.5 Å². The third-order valence-electron chi connectivity index (χ3n) is 5.28. The van der Waals surface area contributed by atoms with Gasteiger partial charge < -0.3 is 9.29 Å². The van der Waals surface area contributed by atoms with Crippen molar-refractivity contribution in [3.63, 3.8) is 0 Å². The molecule has 2 aromatic rings. The summed E-state index contributed by atoms with van der Waals surface area (Å²) >= 11 is 1.66. The van der Waals surface area contributed by atoms with Crippen LogP contribution in [-0.2, 0) is 0 Å². The molecule has 0 amide bonds. The summed E-state index contributed by atoms with van der Waals surface area (Å²) in [5.74, 6) is 0.590. The molecular formula is C22H17N3OS. The van der Waals surface area contributed by atoms with Crippen molar-refractivity contribution in [3.8, 4) is 6.07 Å². The highest BCUT2D eigenvalue weighted by Crippen LogP contribution is 2.47. The van der Waals surface area contributed by atoms with Gasteiger partial charge in [0.25, 0.3) is 5.56 Å². The van der Waals surface area contributed by atoms with Gasteiger partial charge in [0, 0.05) is 34.5 Å². The molecule has 132 valence electrons. The molecule has 2 aliphatic carbocycles. The number of H-pyrrole nitrogens is 1. The third kappa shape index (κ3) is 2.84. The Kier molecular flexibility index (Phi) is 3.82. The predicted octanol–water partition coefficient (Wildman–Crippen LogP) is 4.45. The second-order valence-electron chi connectivity index (χ2n) is 7.02. The van der Waals surface area contributed by atoms with Gasteiger partial charge >= 0.3 is 0 Å². The van der Waals surface area contributed by atoms with Crippen molar-refractivity contribution in [2.45, 2.75) is 24.2 Å². The molecule has 5 rings (SSSR count). The van der Waals surface area contributed by atoms with Crippen LogP contribution in [0, 0.1) is 17.2 Å².